The minimum absolute atomic E-state index is 0.0522. The zero-order chi connectivity index (χ0) is 23.2. The monoisotopic (exact) mass is 458 g/mol. The Hall–Kier alpha value is -2.58. The number of piperidine rings is 2. The van der Waals surface area contributed by atoms with E-state index in [1.165, 1.54) is 11.6 Å². The van der Waals surface area contributed by atoms with Crippen molar-refractivity contribution < 1.29 is 13.6 Å². The van der Waals surface area contributed by atoms with Gasteiger partial charge in [-0.3, -0.25) is 4.79 Å². The lowest BCUT2D eigenvalue weighted by Gasteiger charge is -2.37. The fourth-order valence-electron chi connectivity index (χ4n) is 4.90. The van der Waals surface area contributed by atoms with Crippen LogP contribution in [0.2, 0.25) is 0 Å². The summed E-state index contributed by atoms with van der Waals surface area (Å²) in [4.78, 5) is 21.9. The number of H-pyrrole nitrogens is 1. The van der Waals surface area contributed by atoms with Crippen LogP contribution in [0.5, 0.6) is 0 Å². The van der Waals surface area contributed by atoms with E-state index in [1.807, 2.05) is 19.2 Å². The highest BCUT2D eigenvalue weighted by Gasteiger charge is 2.29. The van der Waals surface area contributed by atoms with E-state index in [0.29, 0.717) is 29.7 Å². The molecule has 2 aliphatic heterocycles. The summed E-state index contributed by atoms with van der Waals surface area (Å²) in [6.07, 6.45) is 5.93. The molecule has 0 spiro atoms. The average Bonchev–Trinajstić information content (AvgIpc) is 2.83. The van der Waals surface area contributed by atoms with E-state index < -0.39 is 11.6 Å². The lowest BCUT2D eigenvalue weighted by molar-refractivity contribution is 0.153. The highest BCUT2D eigenvalue weighted by atomic mass is 19.2. The number of nitrogens with one attached hydrogen (secondary N) is 2. The topological polar surface area (TPSA) is 69.7 Å². The van der Waals surface area contributed by atoms with Crippen molar-refractivity contribution in [1.29, 1.82) is 0 Å². The predicted octanol–water partition coefficient (Wildman–Crippen LogP) is 3.64. The second-order valence-electron chi connectivity index (χ2n) is 8.99. The number of aromatic amines is 1. The quantitative estimate of drug-likeness (QED) is 0.491. The summed E-state index contributed by atoms with van der Waals surface area (Å²) in [5, 5.41) is 7.78. The molecule has 0 amide bonds. The molecule has 3 heterocycles. The minimum atomic E-state index is -0.879. The molecule has 2 atom stereocenters. The molecular formula is C25H32F2N4O2. The first-order valence-corrected chi connectivity index (χ1v) is 11.8. The summed E-state index contributed by atoms with van der Waals surface area (Å²) in [6.45, 7) is 6.25. The Morgan fingerprint density at radius 1 is 1.12 bits per heavy atom. The fourth-order valence-corrected chi connectivity index (χ4v) is 4.90. The number of aromatic nitrogens is 1. The van der Waals surface area contributed by atoms with Gasteiger partial charge in [0.1, 0.15) is 12.3 Å². The second-order valence-corrected chi connectivity index (χ2v) is 8.99. The van der Waals surface area contributed by atoms with E-state index in [4.69, 9.17) is 4.84 Å². The third-order valence-electron chi connectivity index (χ3n) is 6.74. The Morgan fingerprint density at radius 3 is 2.58 bits per heavy atom. The summed E-state index contributed by atoms with van der Waals surface area (Å²) in [5.41, 5.74) is 2.33. The number of oxime groups is 1. The van der Waals surface area contributed by atoms with Crippen molar-refractivity contribution in [1.82, 2.24) is 15.2 Å². The Balaban J connectivity index is 1.29. The summed E-state index contributed by atoms with van der Waals surface area (Å²) >= 11 is 0. The number of rotatable bonds is 7. The van der Waals surface area contributed by atoms with Gasteiger partial charge in [0.05, 0.1) is 6.04 Å². The van der Waals surface area contributed by atoms with Crippen LogP contribution in [0, 0.1) is 17.6 Å². The maximum absolute atomic E-state index is 13.8. The van der Waals surface area contributed by atoms with Gasteiger partial charge in [-0.15, -0.1) is 0 Å². The minimum Gasteiger partial charge on any atom is -0.396 e. The first-order valence-electron chi connectivity index (χ1n) is 11.8. The third kappa shape index (κ3) is 6.06. The van der Waals surface area contributed by atoms with Crippen molar-refractivity contribution in [3.63, 3.8) is 0 Å². The number of hydrogen-bond acceptors (Lipinski definition) is 5. The molecule has 2 N–H and O–H groups in total. The molecule has 1 aromatic carbocycles. The molecule has 1 aromatic heterocycles. The molecule has 0 aliphatic carbocycles. The number of halogens is 2. The van der Waals surface area contributed by atoms with E-state index >= 15 is 0 Å². The van der Waals surface area contributed by atoms with E-state index in [0.717, 1.165) is 57.9 Å². The molecule has 2 fully saturated rings. The smallest absolute Gasteiger partial charge is 0.247 e. The molecule has 0 saturated carbocycles. The van der Waals surface area contributed by atoms with Gasteiger partial charge in [-0.1, -0.05) is 11.2 Å². The number of pyridine rings is 1. The molecule has 2 aliphatic rings. The van der Waals surface area contributed by atoms with E-state index in [9.17, 15) is 13.6 Å². The van der Waals surface area contributed by atoms with Crippen molar-refractivity contribution in [3.05, 3.63) is 69.6 Å². The number of benzene rings is 1. The van der Waals surface area contributed by atoms with Gasteiger partial charge in [0, 0.05) is 24.4 Å². The predicted molar refractivity (Wildman–Crippen MR) is 125 cm³/mol. The van der Waals surface area contributed by atoms with Crippen LogP contribution < -0.4 is 10.9 Å². The molecule has 0 bridgehead atoms. The van der Waals surface area contributed by atoms with Crippen LogP contribution in [0.1, 0.15) is 49.7 Å². The summed E-state index contributed by atoms with van der Waals surface area (Å²) in [7, 11) is 0. The van der Waals surface area contributed by atoms with E-state index in [2.05, 4.69) is 20.4 Å². The maximum Gasteiger partial charge on any atom is 0.247 e. The molecule has 2 saturated heterocycles. The molecule has 0 radical (unpaired) electrons. The molecule has 8 heteroatoms. The van der Waals surface area contributed by atoms with Gasteiger partial charge < -0.3 is 20.0 Å². The molecular weight excluding hydrogens is 426 g/mol. The molecule has 4 rings (SSSR count). The standard InChI is InChI=1S/C25H32F2N4O2/c1-2-33-30-25(19-4-6-21(26)22(27)13-19)23-7-3-17(14-28-23)16-31-11-9-18(10-12-31)20-5-8-24(32)29-15-20/h4-6,8,13,15,17-18,23,28H,2-3,7,9-12,14,16H2,1H3,(H,29,32). The summed E-state index contributed by atoms with van der Waals surface area (Å²) in [6, 6.07) is 7.37. The molecule has 2 unspecified atom stereocenters. The largest absolute Gasteiger partial charge is 0.396 e. The van der Waals surface area contributed by atoms with Crippen LogP contribution in [0.25, 0.3) is 0 Å². The SMILES string of the molecule is CCON=C(c1ccc(F)c(F)c1)C1CCC(CN2CCC(c3ccc(=O)[nH]c3)CC2)CN1. The normalized spacial score (nSPS) is 22.9. The summed E-state index contributed by atoms with van der Waals surface area (Å²) < 4.78 is 27.2. The average molecular weight is 459 g/mol. The Bertz CT molecular complexity index is 989. The number of nitrogens with zero attached hydrogens (tertiary/aromatic N) is 2. The van der Waals surface area contributed by atoms with Crippen LogP contribution in [0.3, 0.4) is 0 Å². The molecule has 6 nitrogen and oxygen atoms in total. The fraction of sp³-hybridized carbons (Fsp3) is 0.520. The van der Waals surface area contributed by atoms with Crippen LogP contribution in [0.4, 0.5) is 8.78 Å². The van der Waals surface area contributed by atoms with Crippen molar-refractivity contribution in [3.8, 4) is 0 Å². The van der Waals surface area contributed by atoms with Crippen LogP contribution in [-0.2, 0) is 4.84 Å². The Kier molecular flexibility index (Phi) is 7.88. The Morgan fingerprint density at radius 2 is 1.94 bits per heavy atom. The highest BCUT2D eigenvalue weighted by Crippen LogP contribution is 2.28. The molecule has 178 valence electrons. The summed E-state index contributed by atoms with van der Waals surface area (Å²) in [5.74, 6) is -0.712. The number of hydrogen-bond donors (Lipinski definition) is 2. The molecule has 2 aromatic rings. The lowest BCUT2D eigenvalue weighted by atomic mass is 9.87. The third-order valence-corrected chi connectivity index (χ3v) is 6.74. The van der Waals surface area contributed by atoms with Crippen molar-refractivity contribution >= 4 is 5.71 Å². The van der Waals surface area contributed by atoms with E-state index in [-0.39, 0.29) is 11.6 Å². The second kappa shape index (κ2) is 11.0. The van der Waals surface area contributed by atoms with Gasteiger partial charge in [0.15, 0.2) is 11.6 Å². The van der Waals surface area contributed by atoms with Crippen LogP contribution in [-0.4, -0.2) is 54.4 Å². The molecule has 33 heavy (non-hydrogen) atoms. The van der Waals surface area contributed by atoms with Gasteiger partial charge in [0.2, 0.25) is 5.56 Å². The zero-order valence-corrected chi connectivity index (χ0v) is 19.0. The first kappa shape index (κ1) is 23.6. The highest BCUT2D eigenvalue weighted by molar-refractivity contribution is 6.04. The van der Waals surface area contributed by atoms with E-state index in [1.54, 1.807) is 12.1 Å². The Labute approximate surface area is 193 Å². The van der Waals surface area contributed by atoms with Crippen LogP contribution in [0.15, 0.2) is 46.5 Å². The van der Waals surface area contributed by atoms with Crippen LogP contribution >= 0.6 is 0 Å². The first-order chi connectivity index (χ1) is 16.0. The maximum atomic E-state index is 13.8. The van der Waals surface area contributed by atoms with Gasteiger partial charge in [0.25, 0.3) is 0 Å². The van der Waals surface area contributed by atoms with Crippen molar-refractivity contribution in [2.45, 2.75) is 44.6 Å². The van der Waals surface area contributed by atoms with Crippen molar-refractivity contribution in [2.24, 2.45) is 11.1 Å². The van der Waals surface area contributed by atoms with Gasteiger partial charge in [-0.05, 0) is 87.8 Å². The number of likely N-dealkylation sites (tertiary alicyclic amines) is 1. The van der Waals surface area contributed by atoms with Gasteiger partial charge in [-0.2, -0.15) is 0 Å². The van der Waals surface area contributed by atoms with Gasteiger partial charge in [-0.25, -0.2) is 8.78 Å². The zero-order valence-electron chi connectivity index (χ0n) is 19.0. The van der Waals surface area contributed by atoms with Gasteiger partial charge >= 0.3 is 0 Å². The lowest BCUT2D eigenvalue weighted by Crippen LogP contribution is -2.48. The van der Waals surface area contributed by atoms with Crippen molar-refractivity contribution in [2.75, 3.05) is 32.8 Å².